The highest BCUT2D eigenvalue weighted by Gasteiger charge is 2.15. The Labute approximate surface area is 86.7 Å². The minimum atomic E-state index is -0.179. The summed E-state index contributed by atoms with van der Waals surface area (Å²) in [5.41, 5.74) is 0. The van der Waals surface area contributed by atoms with Crippen molar-refractivity contribution in [1.29, 1.82) is 0 Å². The van der Waals surface area contributed by atoms with E-state index in [0.29, 0.717) is 6.54 Å². The van der Waals surface area contributed by atoms with E-state index in [-0.39, 0.29) is 24.7 Å². The van der Waals surface area contributed by atoms with E-state index in [1.165, 1.54) is 9.80 Å². The van der Waals surface area contributed by atoms with Crippen LogP contribution in [-0.2, 0) is 9.59 Å². The van der Waals surface area contributed by atoms with Crippen LogP contribution in [0.5, 0.6) is 0 Å². The van der Waals surface area contributed by atoms with Crippen LogP contribution in [0.15, 0.2) is 0 Å². The predicted octanol–water partition coefficient (Wildman–Crippen LogP) is -0.1000. The number of likely N-dealkylation sites (N-methyl/N-ethyl adjacent to an activating group) is 1. The van der Waals surface area contributed by atoms with Crippen LogP contribution in [0.2, 0.25) is 6.32 Å². The van der Waals surface area contributed by atoms with E-state index < -0.39 is 0 Å². The second-order valence-corrected chi connectivity index (χ2v) is 3.31. The highest BCUT2D eigenvalue weighted by Crippen LogP contribution is 1.96. The Balaban J connectivity index is 4.22. The first-order valence-corrected chi connectivity index (χ1v) is 4.70. The molecule has 5 heteroatoms. The molecule has 0 N–H and O–H groups in total. The zero-order valence-corrected chi connectivity index (χ0v) is 9.12. The van der Waals surface area contributed by atoms with Gasteiger partial charge in [-0.15, -0.1) is 0 Å². The molecule has 2 radical (unpaired) electrons. The number of carbonyl (C=O) groups excluding carboxylic acids is 2. The molecule has 0 atom stereocenters. The fraction of sp³-hybridized carbons (Fsp3) is 0.778. The summed E-state index contributed by atoms with van der Waals surface area (Å²) in [6, 6.07) is 0. The molecule has 2 amide bonds. The maximum absolute atomic E-state index is 11.3. The molecule has 0 saturated heterocycles. The van der Waals surface area contributed by atoms with E-state index in [2.05, 4.69) is 0 Å². The Kier molecular flexibility index (Phi) is 6.00. The van der Waals surface area contributed by atoms with Crippen LogP contribution < -0.4 is 0 Å². The fourth-order valence-corrected chi connectivity index (χ4v) is 0.996. The van der Waals surface area contributed by atoms with Crippen molar-refractivity contribution in [1.82, 2.24) is 9.80 Å². The summed E-state index contributed by atoms with van der Waals surface area (Å²) >= 11 is 0. The Bertz CT molecular complexity index is 205. The van der Waals surface area contributed by atoms with Crippen molar-refractivity contribution in [2.75, 3.05) is 27.2 Å². The van der Waals surface area contributed by atoms with Crippen LogP contribution in [0.3, 0.4) is 0 Å². The molecule has 4 nitrogen and oxygen atoms in total. The van der Waals surface area contributed by atoms with Gasteiger partial charge in [0.15, 0.2) is 0 Å². The van der Waals surface area contributed by atoms with Crippen molar-refractivity contribution in [2.24, 2.45) is 0 Å². The van der Waals surface area contributed by atoms with Crippen LogP contribution in [-0.4, -0.2) is 56.6 Å². The first kappa shape index (κ1) is 13.0. The lowest BCUT2D eigenvalue weighted by atomic mass is 10.0. The van der Waals surface area contributed by atoms with Crippen molar-refractivity contribution in [2.45, 2.75) is 19.7 Å². The van der Waals surface area contributed by atoms with Gasteiger partial charge < -0.3 is 9.80 Å². The Morgan fingerprint density at radius 3 is 2.14 bits per heavy atom. The van der Waals surface area contributed by atoms with Gasteiger partial charge in [-0.2, -0.15) is 0 Å². The Morgan fingerprint density at radius 1 is 1.21 bits per heavy atom. The predicted molar refractivity (Wildman–Crippen MR) is 56.1 cm³/mol. The lowest BCUT2D eigenvalue weighted by molar-refractivity contribution is -0.137. The van der Waals surface area contributed by atoms with Crippen molar-refractivity contribution < 1.29 is 9.59 Å². The molecule has 14 heavy (non-hydrogen) atoms. The minimum absolute atomic E-state index is 0.0410. The lowest BCUT2D eigenvalue weighted by Crippen LogP contribution is -2.40. The van der Waals surface area contributed by atoms with Gasteiger partial charge >= 0.3 is 0 Å². The molecule has 78 valence electrons. The number of amides is 2. The van der Waals surface area contributed by atoms with Crippen LogP contribution in [0.4, 0.5) is 0 Å². The van der Waals surface area contributed by atoms with E-state index in [1.807, 2.05) is 6.92 Å². The molecule has 0 rings (SSSR count). The monoisotopic (exact) mass is 196 g/mol. The maximum atomic E-state index is 11.3. The standard InChI is InChI=1S/C9H17BN2O2/c1-4-5-12(8(13)6-10)7-9(14)11(2)3/h4-7H2,1-3H3. The van der Waals surface area contributed by atoms with Gasteiger partial charge in [-0.1, -0.05) is 6.92 Å². The molecule has 0 bridgehead atoms. The molecule has 0 spiro atoms. The summed E-state index contributed by atoms with van der Waals surface area (Å²) in [7, 11) is 8.57. The third-order valence-electron chi connectivity index (χ3n) is 1.85. The normalized spacial score (nSPS) is 9.64. The number of nitrogens with zero attached hydrogens (tertiary/aromatic N) is 2. The summed E-state index contributed by atoms with van der Waals surface area (Å²) < 4.78 is 0. The van der Waals surface area contributed by atoms with Gasteiger partial charge in [0.1, 0.15) is 0 Å². The molecule has 0 unspecified atom stereocenters. The average Bonchev–Trinajstić information content (AvgIpc) is 2.15. The average molecular weight is 196 g/mol. The molecule has 0 aromatic rings. The van der Waals surface area contributed by atoms with Crippen LogP contribution >= 0.6 is 0 Å². The van der Waals surface area contributed by atoms with Crippen LogP contribution in [0.25, 0.3) is 0 Å². The van der Waals surface area contributed by atoms with E-state index in [1.54, 1.807) is 14.1 Å². The van der Waals surface area contributed by atoms with Gasteiger partial charge in [-0.05, 0) is 12.7 Å². The van der Waals surface area contributed by atoms with Crippen LogP contribution in [0, 0.1) is 0 Å². The zero-order chi connectivity index (χ0) is 11.1. The SMILES string of the molecule is [B]CC(=O)N(CCC)CC(=O)N(C)C. The van der Waals surface area contributed by atoms with E-state index in [9.17, 15) is 9.59 Å². The summed E-state index contributed by atoms with van der Waals surface area (Å²) in [6.45, 7) is 2.66. The summed E-state index contributed by atoms with van der Waals surface area (Å²) in [4.78, 5) is 25.6. The Hall–Kier alpha value is -0.995. The first-order valence-electron chi connectivity index (χ1n) is 4.70. The molecule has 0 aliphatic heterocycles. The third kappa shape index (κ3) is 4.30. The van der Waals surface area contributed by atoms with Crippen molar-refractivity contribution in [3.63, 3.8) is 0 Å². The number of carbonyl (C=O) groups is 2. The fourth-order valence-electron chi connectivity index (χ4n) is 0.996. The van der Waals surface area contributed by atoms with Gasteiger partial charge in [0, 0.05) is 20.6 Å². The van der Waals surface area contributed by atoms with E-state index in [0.717, 1.165) is 6.42 Å². The zero-order valence-electron chi connectivity index (χ0n) is 9.12. The molecule has 0 aromatic carbocycles. The summed E-state index contributed by atoms with van der Waals surface area (Å²) in [6.07, 6.45) is 0.785. The molecule has 0 heterocycles. The number of hydrogen-bond donors (Lipinski definition) is 0. The second-order valence-electron chi connectivity index (χ2n) is 3.31. The molecule has 0 aromatic heterocycles. The molecule has 0 fully saturated rings. The molecule has 0 aliphatic rings. The minimum Gasteiger partial charge on any atom is -0.347 e. The highest BCUT2D eigenvalue weighted by atomic mass is 16.2. The van der Waals surface area contributed by atoms with Crippen LogP contribution in [0.1, 0.15) is 13.3 Å². The summed E-state index contributed by atoms with van der Waals surface area (Å²) in [5, 5.41) is 0. The topological polar surface area (TPSA) is 40.6 Å². The van der Waals surface area contributed by atoms with Gasteiger partial charge in [-0.3, -0.25) is 9.59 Å². The molecule has 0 saturated carbocycles. The molecule has 0 aliphatic carbocycles. The molecular formula is C9H17BN2O2. The summed E-state index contributed by atoms with van der Waals surface area (Å²) in [5.74, 6) is -0.262. The Morgan fingerprint density at radius 2 is 1.79 bits per heavy atom. The lowest BCUT2D eigenvalue weighted by Gasteiger charge is -2.22. The smallest absolute Gasteiger partial charge is 0.241 e. The van der Waals surface area contributed by atoms with Crippen molar-refractivity contribution >= 4 is 19.7 Å². The van der Waals surface area contributed by atoms with Gasteiger partial charge in [0.25, 0.3) is 0 Å². The number of hydrogen-bond acceptors (Lipinski definition) is 2. The number of rotatable bonds is 5. The largest absolute Gasteiger partial charge is 0.347 e. The quantitative estimate of drug-likeness (QED) is 0.576. The maximum Gasteiger partial charge on any atom is 0.241 e. The molecular weight excluding hydrogens is 179 g/mol. The van der Waals surface area contributed by atoms with Gasteiger partial charge in [0.2, 0.25) is 11.8 Å². The third-order valence-corrected chi connectivity index (χ3v) is 1.85. The van der Waals surface area contributed by atoms with Crippen molar-refractivity contribution in [3.8, 4) is 0 Å². The van der Waals surface area contributed by atoms with E-state index in [4.69, 9.17) is 7.85 Å². The van der Waals surface area contributed by atoms with Gasteiger partial charge in [-0.25, -0.2) is 0 Å². The van der Waals surface area contributed by atoms with Crippen molar-refractivity contribution in [3.05, 3.63) is 0 Å². The highest BCUT2D eigenvalue weighted by molar-refractivity contribution is 6.19. The second kappa shape index (κ2) is 6.46. The van der Waals surface area contributed by atoms with E-state index >= 15 is 0 Å². The first-order chi connectivity index (χ1) is 6.52. The van der Waals surface area contributed by atoms with Gasteiger partial charge in [0.05, 0.1) is 14.4 Å².